The highest BCUT2D eigenvalue weighted by molar-refractivity contribution is 5.68. The summed E-state index contributed by atoms with van der Waals surface area (Å²) in [7, 11) is 0. The smallest absolute Gasteiger partial charge is 0.306 e. The minimum atomic E-state index is -0.808. The third-order valence-electron chi connectivity index (χ3n) is 7.83. The predicted molar refractivity (Wildman–Crippen MR) is 102 cm³/mol. The van der Waals surface area contributed by atoms with Crippen molar-refractivity contribution in [3.8, 4) is 0 Å². The molecule has 3 rings (SSSR count). The van der Waals surface area contributed by atoms with Gasteiger partial charge in [0.25, 0.3) is 0 Å². The largest absolute Gasteiger partial charge is 0.481 e. The Morgan fingerprint density at radius 3 is 2.56 bits per heavy atom. The number of allylic oxidation sites excluding steroid dienone is 1. The molecule has 1 saturated heterocycles. The van der Waals surface area contributed by atoms with Crippen LogP contribution in [-0.4, -0.2) is 34.9 Å². The standard InChI is InChI=1S/C22H34O5/c1-15-7-8-17-19(3,14-26-16(2)23)9-6-10-21(17,5)22(15)12-11-20(4,27-22)13-18(24)25/h7,17H,6,8-14H2,1-5H3,(H,24,25). The van der Waals surface area contributed by atoms with Gasteiger partial charge in [0.05, 0.1) is 24.2 Å². The normalized spacial score (nSPS) is 43.9. The molecule has 0 aromatic rings. The summed E-state index contributed by atoms with van der Waals surface area (Å²) in [5.41, 5.74) is 0.0213. The second-order valence-electron chi connectivity index (χ2n) is 9.83. The van der Waals surface area contributed by atoms with Crippen LogP contribution in [0, 0.1) is 16.7 Å². The summed E-state index contributed by atoms with van der Waals surface area (Å²) in [6.07, 6.45) is 8.06. The van der Waals surface area contributed by atoms with Crippen LogP contribution >= 0.6 is 0 Å². The fourth-order valence-electron chi connectivity index (χ4n) is 6.44. The predicted octanol–water partition coefficient (Wildman–Crippen LogP) is 4.49. The van der Waals surface area contributed by atoms with Gasteiger partial charge in [-0.05, 0) is 57.4 Å². The van der Waals surface area contributed by atoms with E-state index in [4.69, 9.17) is 9.47 Å². The molecule has 5 atom stereocenters. The van der Waals surface area contributed by atoms with Crippen LogP contribution in [0.4, 0.5) is 0 Å². The minimum absolute atomic E-state index is 0.0352. The lowest BCUT2D eigenvalue weighted by molar-refractivity contribution is -0.201. The Labute approximate surface area is 162 Å². The molecule has 3 aliphatic rings. The van der Waals surface area contributed by atoms with E-state index in [1.165, 1.54) is 12.5 Å². The molecule has 5 heteroatoms. The van der Waals surface area contributed by atoms with Crippen molar-refractivity contribution in [2.24, 2.45) is 16.7 Å². The molecule has 27 heavy (non-hydrogen) atoms. The number of ether oxygens (including phenoxy) is 2. The van der Waals surface area contributed by atoms with Crippen LogP contribution < -0.4 is 0 Å². The topological polar surface area (TPSA) is 72.8 Å². The van der Waals surface area contributed by atoms with Crippen LogP contribution in [0.3, 0.4) is 0 Å². The molecule has 1 spiro atoms. The third-order valence-corrected chi connectivity index (χ3v) is 7.83. The number of carbonyl (C=O) groups is 2. The summed E-state index contributed by atoms with van der Waals surface area (Å²) in [5.74, 6) is -0.696. The van der Waals surface area contributed by atoms with Gasteiger partial charge in [-0.15, -0.1) is 0 Å². The summed E-state index contributed by atoms with van der Waals surface area (Å²) < 4.78 is 12.2. The Kier molecular flexibility index (Phi) is 4.99. The summed E-state index contributed by atoms with van der Waals surface area (Å²) in [6, 6.07) is 0. The maximum Gasteiger partial charge on any atom is 0.306 e. The molecular weight excluding hydrogens is 344 g/mol. The summed E-state index contributed by atoms with van der Waals surface area (Å²) in [4.78, 5) is 22.8. The van der Waals surface area contributed by atoms with Gasteiger partial charge in [-0.1, -0.05) is 26.3 Å². The summed E-state index contributed by atoms with van der Waals surface area (Å²) >= 11 is 0. The first-order valence-electron chi connectivity index (χ1n) is 10.2. The van der Waals surface area contributed by atoms with Crippen molar-refractivity contribution < 1.29 is 24.2 Å². The zero-order valence-electron chi connectivity index (χ0n) is 17.4. The van der Waals surface area contributed by atoms with Crippen molar-refractivity contribution in [3.63, 3.8) is 0 Å². The lowest BCUT2D eigenvalue weighted by Gasteiger charge is -2.61. The lowest BCUT2D eigenvalue weighted by Crippen LogP contribution is -2.60. The fraction of sp³-hybridized carbons (Fsp3) is 0.818. The van der Waals surface area contributed by atoms with E-state index in [1.54, 1.807) is 0 Å². The van der Waals surface area contributed by atoms with Crippen LogP contribution in [0.15, 0.2) is 11.6 Å². The van der Waals surface area contributed by atoms with Gasteiger partial charge >= 0.3 is 11.9 Å². The van der Waals surface area contributed by atoms with Gasteiger partial charge in [0.2, 0.25) is 0 Å². The van der Waals surface area contributed by atoms with Crippen molar-refractivity contribution in [1.82, 2.24) is 0 Å². The maximum absolute atomic E-state index is 11.4. The van der Waals surface area contributed by atoms with E-state index in [0.717, 1.165) is 38.5 Å². The van der Waals surface area contributed by atoms with Gasteiger partial charge in [-0.25, -0.2) is 0 Å². The number of fused-ring (bicyclic) bond motifs is 2. The summed E-state index contributed by atoms with van der Waals surface area (Å²) in [5, 5.41) is 9.35. The van der Waals surface area contributed by atoms with Crippen molar-refractivity contribution >= 4 is 11.9 Å². The molecule has 1 N–H and O–H groups in total. The number of hydrogen-bond donors (Lipinski definition) is 1. The first-order chi connectivity index (χ1) is 12.5. The van der Waals surface area contributed by atoms with E-state index in [1.807, 2.05) is 6.92 Å². The SMILES string of the molecule is CC(=O)OCC1(C)CCCC2(C)C1CC=C(C)C21CCC(C)(CC(=O)O)O1. The first-order valence-corrected chi connectivity index (χ1v) is 10.2. The van der Waals surface area contributed by atoms with Crippen LogP contribution in [0.5, 0.6) is 0 Å². The van der Waals surface area contributed by atoms with E-state index in [2.05, 4.69) is 26.8 Å². The van der Waals surface area contributed by atoms with Crippen LogP contribution in [-0.2, 0) is 19.1 Å². The molecule has 0 aromatic heterocycles. The molecule has 152 valence electrons. The maximum atomic E-state index is 11.4. The van der Waals surface area contributed by atoms with Crippen molar-refractivity contribution in [3.05, 3.63) is 11.6 Å². The van der Waals surface area contributed by atoms with Gasteiger partial charge < -0.3 is 14.6 Å². The van der Waals surface area contributed by atoms with E-state index >= 15 is 0 Å². The molecule has 0 radical (unpaired) electrons. The molecular formula is C22H34O5. The Morgan fingerprint density at radius 1 is 1.22 bits per heavy atom. The minimum Gasteiger partial charge on any atom is -0.481 e. The number of rotatable bonds is 4. The lowest BCUT2D eigenvalue weighted by atomic mass is 9.46. The Hall–Kier alpha value is -1.36. The molecule has 5 unspecified atom stereocenters. The van der Waals surface area contributed by atoms with E-state index in [0.29, 0.717) is 12.5 Å². The highest BCUT2D eigenvalue weighted by atomic mass is 16.5. The number of esters is 1. The molecule has 2 aliphatic carbocycles. The van der Waals surface area contributed by atoms with Gasteiger partial charge in [-0.2, -0.15) is 0 Å². The van der Waals surface area contributed by atoms with Crippen LogP contribution in [0.25, 0.3) is 0 Å². The average Bonchev–Trinajstić information content (AvgIpc) is 2.89. The van der Waals surface area contributed by atoms with Crippen molar-refractivity contribution in [2.75, 3.05) is 6.61 Å². The third kappa shape index (κ3) is 3.22. The molecule has 0 amide bonds. The zero-order valence-corrected chi connectivity index (χ0v) is 17.4. The van der Waals surface area contributed by atoms with Crippen LogP contribution in [0.1, 0.15) is 79.6 Å². The Morgan fingerprint density at radius 2 is 1.93 bits per heavy atom. The molecule has 0 bridgehead atoms. The molecule has 1 aliphatic heterocycles. The molecule has 5 nitrogen and oxygen atoms in total. The Bertz CT molecular complexity index is 670. The number of aliphatic carboxylic acids is 1. The quantitative estimate of drug-likeness (QED) is 0.576. The van der Waals surface area contributed by atoms with Gasteiger partial charge in [-0.3, -0.25) is 9.59 Å². The van der Waals surface area contributed by atoms with Gasteiger partial charge in [0.1, 0.15) is 0 Å². The fourth-order valence-corrected chi connectivity index (χ4v) is 6.44. The number of carboxylic acid groups (broad SMARTS) is 1. The Balaban J connectivity index is 1.97. The molecule has 2 fully saturated rings. The molecule has 0 aromatic carbocycles. The van der Waals surface area contributed by atoms with Gasteiger partial charge in [0.15, 0.2) is 0 Å². The highest BCUT2D eigenvalue weighted by Gasteiger charge is 2.65. The monoisotopic (exact) mass is 378 g/mol. The van der Waals surface area contributed by atoms with E-state index < -0.39 is 17.2 Å². The summed E-state index contributed by atoms with van der Waals surface area (Å²) in [6.45, 7) is 10.6. The second kappa shape index (κ2) is 6.61. The van der Waals surface area contributed by atoms with E-state index in [9.17, 15) is 14.7 Å². The highest BCUT2D eigenvalue weighted by Crippen LogP contribution is 2.66. The van der Waals surface area contributed by atoms with Gasteiger partial charge in [0, 0.05) is 17.8 Å². The average molecular weight is 379 g/mol. The van der Waals surface area contributed by atoms with E-state index in [-0.39, 0.29) is 23.2 Å². The first kappa shape index (κ1) is 20.4. The number of carboxylic acids is 1. The molecule has 1 saturated carbocycles. The van der Waals surface area contributed by atoms with Crippen molar-refractivity contribution in [2.45, 2.75) is 90.8 Å². The second-order valence-corrected chi connectivity index (χ2v) is 9.83. The number of hydrogen-bond acceptors (Lipinski definition) is 4. The number of carbonyl (C=O) groups excluding carboxylic acids is 1. The molecule has 1 heterocycles. The zero-order chi connectivity index (χ0) is 20.1. The van der Waals surface area contributed by atoms with Crippen LogP contribution in [0.2, 0.25) is 0 Å². The van der Waals surface area contributed by atoms with Crippen molar-refractivity contribution in [1.29, 1.82) is 0 Å².